The van der Waals surface area contributed by atoms with Crippen molar-refractivity contribution in [3.63, 3.8) is 0 Å². The van der Waals surface area contributed by atoms with Gasteiger partial charge in [0, 0.05) is 26.8 Å². The molecule has 228 valence electrons. The highest BCUT2D eigenvalue weighted by Crippen LogP contribution is 2.56. The van der Waals surface area contributed by atoms with E-state index in [9.17, 15) is 9.59 Å². The van der Waals surface area contributed by atoms with E-state index in [1.54, 1.807) is 0 Å². The van der Waals surface area contributed by atoms with Gasteiger partial charge in [-0.3, -0.25) is 9.59 Å². The summed E-state index contributed by atoms with van der Waals surface area (Å²) in [5.74, 6) is 1.95. The van der Waals surface area contributed by atoms with Gasteiger partial charge in [-0.25, -0.2) is 0 Å². The topological polar surface area (TPSA) is 34.1 Å². The van der Waals surface area contributed by atoms with Gasteiger partial charge in [-0.05, 0) is 125 Å². The molecule has 0 spiro atoms. The molecule has 42 heavy (non-hydrogen) atoms. The van der Waals surface area contributed by atoms with E-state index in [0.29, 0.717) is 23.4 Å². The third kappa shape index (κ3) is 6.01. The first kappa shape index (κ1) is 32.9. The van der Waals surface area contributed by atoms with Crippen molar-refractivity contribution in [1.29, 1.82) is 0 Å². The molecule has 0 aromatic heterocycles. The Hall–Kier alpha value is -2.00. The first-order chi connectivity index (χ1) is 19.6. The Morgan fingerprint density at radius 2 is 0.976 bits per heavy atom. The highest BCUT2D eigenvalue weighted by atomic mass is 79.9. The number of ketones is 2. The van der Waals surface area contributed by atoms with Crippen LogP contribution in [0.1, 0.15) is 131 Å². The molecule has 0 radical (unpaired) electrons. The maximum Gasteiger partial charge on any atom is 0.171 e. The molecule has 1 aromatic rings. The van der Waals surface area contributed by atoms with Gasteiger partial charge in [0.1, 0.15) is 5.78 Å². The lowest BCUT2D eigenvalue weighted by atomic mass is 9.54. The molecule has 0 bridgehead atoms. The van der Waals surface area contributed by atoms with Crippen LogP contribution >= 0.6 is 15.9 Å². The Labute approximate surface area is 264 Å². The fourth-order valence-corrected chi connectivity index (χ4v) is 8.97. The number of hydrogen-bond acceptors (Lipinski definition) is 2. The third-order valence-electron chi connectivity index (χ3n) is 11.6. The summed E-state index contributed by atoms with van der Waals surface area (Å²) in [7, 11) is 0. The molecule has 0 atom stereocenters. The molecule has 0 unspecified atom stereocenters. The van der Waals surface area contributed by atoms with Crippen molar-refractivity contribution in [3.05, 3.63) is 78.9 Å². The summed E-state index contributed by atoms with van der Waals surface area (Å²) in [4.78, 5) is 26.5. The minimum Gasteiger partial charge on any atom is -0.299 e. The summed E-state index contributed by atoms with van der Waals surface area (Å²) in [5, 5.41) is 0. The molecule has 0 saturated carbocycles. The minimum atomic E-state index is -0.253. The highest BCUT2D eigenvalue weighted by Gasteiger charge is 2.51. The van der Waals surface area contributed by atoms with Gasteiger partial charge < -0.3 is 0 Å². The fraction of sp³-hybridized carbons (Fsp3) is 0.590. The van der Waals surface area contributed by atoms with Crippen molar-refractivity contribution < 1.29 is 9.59 Å². The second-order valence-corrected chi connectivity index (χ2v) is 15.7. The van der Waals surface area contributed by atoms with Gasteiger partial charge >= 0.3 is 0 Å². The molecular formula is C39H53BrO2. The molecule has 3 heteroatoms. The molecule has 0 heterocycles. The molecule has 0 N–H and O–H groups in total. The lowest BCUT2D eigenvalue weighted by Gasteiger charge is -2.48. The van der Waals surface area contributed by atoms with E-state index in [4.69, 9.17) is 0 Å². The molecule has 1 aromatic carbocycles. The SMILES string of the molecule is CC1=C(C)CC2(C(=O)C(C)C)CC(C)=C(C)CC2C1.CC1=C(C)CC2(C(=O)c3ccccc3Br)CC(C)=C(C)CC2C1. The smallest absolute Gasteiger partial charge is 0.171 e. The number of allylic oxidation sites excluding steroid dienone is 8. The Bertz CT molecular complexity index is 1330. The zero-order chi connectivity index (χ0) is 31.1. The summed E-state index contributed by atoms with van der Waals surface area (Å²) in [5.41, 5.74) is 12.2. The highest BCUT2D eigenvalue weighted by molar-refractivity contribution is 9.10. The second-order valence-electron chi connectivity index (χ2n) is 14.8. The van der Waals surface area contributed by atoms with Crippen LogP contribution in [0.15, 0.2) is 73.3 Å². The summed E-state index contributed by atoms with van der Waals surface area (Å²) >= 11 is 3.59. The van der Waals surface area contributed by atoms with Crippen molar-refractivity contribution in [2.75, 3.05) is 0 Å². The fourth-order valence-electron chi connectivity index (χ4n) is 8.51. The predicted octanol–water partition coefficient (Wildman–Crippen LogP) is 11.6. The number of halogens is 1. The van der Waals surface area contributed by atoms with E-state index in [1.165, 1.54) is 44.6 Å². The zero-order valence-corrected chi connectivity index (χ0v) is 29.5. The number of benzene rings is 1. The predicted molar refractivity (Wildman–Crippen MR) is 181 cm³/mol. The van der Waals surface area contributed by atoms with Crippen LogP contribution in [0.3, 0.4) is 0 Å². The summed E-state index contributed by atoms with van der Waals surface area (Å²) < 4.78 is 0.922. The van der Waals surface area contributed by atoms with Crippen LogP contribution in [0, 0.1) is 28.6 Å². The van der Waals surface area contributed by atoms with Crippen LogP contribution in [-0.2, 0) is 4.79 Å². The number of rotatable bonds is 4. The van der Waals surface area contributed by atoms with E-state index < -0.39 is 0 Å². The monoisotopic (exact) mass is 632 g/mol. The molecule has 2 nitrogen and oxygen atoms in total. The van der Waals surface area contributed by atoms with Crippen molar-refractivity contribution >= 4 is 27.5 Å². The van der Waals surface area contributed by atoms with Gasteiger partial charge in [0.15, 0.2) is 5.78 Å². The number of Topliss-reactive ketones (excluding diaryl/α,β-unsaturated/α-hetero) is 2. The van der Waals surface area contributed by atoms with Crippen molar-refractivity contribution in [2.24, 2.45) is 28.6 Å². The molecule has 4 aliphatic rings. The quantitative estimate of drug-likeness (QED) is 0.244. The van der Waals surface area contributed by atoms with Gasteiger partial charge in [-0.15, -0.1) is 0 Å². The van der Waals surface area contributed by atoms with Crippen LogP contribution in [-0.4, -0.2) is 11.6 Å². The van der Waals surface area contributed by atoms with Gasteiger partial charge in [0.05, 0.1) is 0 Å². The zero-order valence-electron chi connectivity index (χ0n) is 27.9. The van der Waals surface area contributed by atoms with Crippen LogP contribution < -0.4 is 0 Å². The van der Waals surface area contributed by atoms with E-state index in [1.807, 2.05) is 24.3 Å². The average molecular weight is 634 g/mol. The van der Waals surface area contributed by atoms with Gasteiger partial charge in [0.2, 0.25) is 0 Å². The molecule has 0 fully saturated rings. The second kappa shape index (κ2) is 12.5. The Morgan fingerprint density at radius 3 is 1.36 bits per heavy atom. The summed E-state index contributed by atoms with van der Waals surface area (Å²) in [6, 6.07) is 7.89. The summed E-state index contributed by atoms with van der Waals surface area (Å²) in [6.07, 6.45) is 8.17. The number of carbonyl (C=O) groups is 2. The number of carbonyl (C=O) groups excluding carboxylic acids is 2. The first-order valence-electron chi connectivity index (χ1n) is 16.1. The van der Waals surface area contributed by atoms with Crippen LogP contribution in [0.25, 0.3) is 0 Å². The number of fused-ring (bicyclic) bond motifs is 2. The van der Waals surface area contributed by atoms with E-state index in [0.717, 1.165) is 61.4 Å². The minimum absolute atomic E-state index is 0.0959. The third-order valence-corrected chi connectivity index (χ3v) is 12.3. The van der Waals surface area contributed by atoms with E-state index in [2.05, 4.69) is 85.2 Å². The lowest BCUT2D eigenvalue weighted by Crippen LogP contribution is -2.45. The normalized spacial score (nSPS) is 29.7. The maximum atomic E-state index is 13.6. The van der Waals surface area contributed by atoms with Crippen molar-refractivity contribution in [3.8, 4) is 0 Å². The Balaban J connectivity index is 0.000000197. The molecule has 4 aliphatic carbocycles. The first-order valence-corrected chi connectivity index (χ1v) is 16.9. The molecule has 0 amide bonds. The standard InChI is InChI=1S/C21H25BrO.C18H28O/c1-13-9-17-10-14(2)16(4)12-21(17,11-15(13)3)20(23)18-7-5-6-8-19(18)22;1-11(2)17(19)18-9-14(5)12(3)7-16(18)8-13(4)15(6)10-18/h5-8,17H,9-12H2,1-4H3;11,16H,7-10H2,1-6H3. The largest absolute Gasteiger partial charge is 0.299 e. The Morgan fingerprint density at radius 1 is 0.619 bits per heavy atom. The number of hydrogen-bond donors (Lipinski definition) is 0. The van der Waals surface area contributed by atoms with Crippen molar-refractivity contribution in [1.82, 2.24) is 0 Å². The van der Waals surface area contributed by atoms with E-state index in [-0.39, 0.29) is 16.7 Å². The van der Waals surface area contributed by atoms with Crippen LogP contribution in [0.2, 0.25) is 0 Å². The Kier molecular flexibility index (Phi) is 9.83. The van der Waals surface area contributed by atoms with Gasteiger partial charge in [0.25, 0.3) is 0 Å². The molecule has 5 rings (SSSR count). The lowest BCUT2D eigenvalue weighted by molar-refractivity contribution is -0.136. The van der Waals surface area contributed by atoms with Crippen LogP contribution in [0.5, 0.6) is 0 Å². The van der Waals surface area contributed by atoms with Crippen LogP contribution in [0.4, 0.5) is 0 Å². The molecular weight excluding hydrogens is 580 g/mol. The average Bonchev–Trinajstić information content (AvgIpc) is 2.92. The van der Waals surface area contributed by atoms with Gasteiger partial charge in [-0.1, -0.05) is 92.6 Å². The van der Waals surface area contributed by atoms with Crippen molar-refractivity contribution in [2.45, 2.75) is 121 Å². The van der Waals surface area contributed by atoms with Gasteiger partial charge in [-0.2, -0.15) is 0 Å². The maximum absolute atomic E-state index is 13.6. The molecule has 0 aliphatic heterocycles. The molecule has 0 saturated heterocycles. The summed E-state index contributed by atoms with van der Waals surface area (Å²) in [6.45, 7) is 22.0. The van der Waals surface area contributed by atoms with E-state index >= 15 is 0 Å².